The highest BCUT2D eigenvalue weighted by Gasteiger charge is 2.52. The maximum absolute atomic E-state index is 12.9. The molecule has 8 heteroatoms. The molecule has 0 unspecified atom stereocenters. The van der Waals surface area contributed by atoms with Crippen molar-refractivity contribution in [2.45, 2.75) is 25.1 Å². The molecule has 3 rings (SSSR count). The van der Waals surface area contributed by atoms with Gasteiger partial charge in [0.25, 0.3) is 5.91 Å². The van der Waals surface area contributed by atoms with E-state index in [4.69, 9.17) is 0 Å². The standard InChI is InChI=1S/C17H14F3N3O2/c1-2-16(11-6-4-3-5-7-11)14(24)23(15(25)22-16)12-8-9-13(21-10-12)17(18,19)20/h3-10H,2H2,1H3,(H,22,25)/t16-/m0/s1. The Labute approximate surface area is 141 Å². The van der Waals surface area contributed by atoms with Gasteiger partial charge in [-0.05, 0) is 24.1 Å². The molecule has 0 saturated carbocycles. The number of anilines is 1. The first-order valence-electron chi connectivity index (χ1n) is 7.55. The topological polar surface area (TPSA) is 62.3 Å². The van der Waals surface area contributed by atoms with Gasteiger partial charge in [-0.1, -0.05) is 37.3 Å². The molecule has 1 aromatic heterocycles. The van der Waals surface area contributed by atoms with Crippen LogP contribution in [0.15, 0.2) is 48.7 Å². The first kappa shape index (κ1) is 16.9. The van der Waals surface area contributed by atoms with E-state index in [0.717, 1.165) is 23.2 Å². The lowest BCUT2D eigenvalue weighted by atomic mass is 9.87. The van der Waals surface area contributed by atoms with Crippen molar-refractivity contribution in [3.05, 3.63) is 59.9 Å². The first-order valence-corrected chi connectivity index (χ1v) is 7.55. The number of alkyl halides is 3. The molecule has 1 aliphatic rings. The van der Waals surface area contributed by atoms with Gasteiger partial charge in [-0.2, -0.15) is 13.2 Å². The normalized spacial score (nSPS) is 20.7. The number of carbonyl (C=O) groups excluding carboxylic acids is 2. The zero-order chi connectivity index (χ0) is 18.2. The predicted octanol–water partition coefficient (Wildman–Crippen LogP) is 3.46. The Kier molecular flexibility index (Phi) is 3.98. The summed E-state index contributed by atoms with van der Waals surface area (Å²) in [4.78, 5) is 29.4. The monoisotopic (exact) mass is 349 g/mol. The van der Waals surface area contributed by atoms with Crippen LogP contribution in [-0.2, 0) is 16.5 Å². The van der Waals surface area contributed by atoms with E-state index in [1.807, 2.05) is 0 Å². The number of urea groups is 1. The van der Waals surface area contributed by atoms with Gasteiger partial charge in [0.05, 0.1) is 11.9 Å². The number of pyridine rings is 1. The summed E-state index contributed by atoms with van der Waals surface area (Å²) in [5, 5.41) is 2.66. The molecule has 0 aliphatic carbocycles. The molecule has 3 amide bonds. The summed E-state index contributed by atoms with van der Waals surface area (Å²) in [5.74, 6) is -0.548. The van der Waals surface area contributed by atoms with Crippen LogP contribution in [0.3, 0.4) is 0 Å². The van der Waals surface area contributed by atoms with Gasteiger partial charge in [0, 0.05) is 0 Å². The fourth-order valence-corrected chi connectivity index (χ4v) is 2.86. The molecule has 1 aliphatic heterocycles. The molecular formula is C17H14F3N3O2. The van der Waals surface area contributed by atoms with Crippen LogP contribution in [0, 0.1) is 0 Å². The minimum atomic E-state index is -4.59. The zero-order valence-corrected chi connectivity index (χ0v) is 13.2. The highest BCUT2D eigenvalue weighted by Crippen LogP contribution is 2.35. The van der Waals surface area contributed by atoms with Crippen LogP contribution in [0.25, 0.3) is 0 Å². The van der Waals surface area contributed by atoms with Crippen LogP contribution in [-0.4, -0.2) is 16.9 Å². The van der Waals surface area contributed by atoms with Crippen molar-refractivity contribution >= 4 is 17.6 Å². The third kappa shape index (κ3) is 2.73. The molecule has 0 spiro atoms. The van der Waals surface area contributed by atoms with E-state index in [2.05, 4.69) is 10.3 Å². The van der Waals surface area contributed by atoms with Gasteiger partial charge in [0.15, 0.2) is 0 Å². The Morgan fingerprint density at radius 1 is 1.12 bits per heavy atom. The number of aromatic nitrogens is 1. The van der Waals surface area contributed by atoms with Crippen LogP contribution >= 0.6 is 0 Å². The maximum atomic E-state index is 12.9. The van der Waals surface area contributed by atoms with Gasteiger partial charge in [-0.25, -0.2) is 14.7 Å². The summed E-state index contributed by atoms with van der Waals surface area (Å²) in [6.45, 7) is 1.75. The van der Waals surface area contributed by atoms with Crippen molar-refractivity contribution in [1.29, 1.82) is 0 Å². The average molecular weight is 349 g/mol. The molecule has 1 aromatic carbocycles. The van der Waals surface area contributed by atoms with Crippen molar-refractivity contribution in [1.82, 2.24) is 10.3 Å². The molecule has 1 atom stereocenters. The van der Waals surface area contributed by atoms with Crippen molar-refractivity contribution in [2.75, 3.05) is 4.90 Å². The van der Waals surface area contributed by atoms with Gasteiger partial charge < -0.3 is 5.32 Å². The molecule has 0 bridgehead atoms. The number of nitrogens with zero attached hydrogens (tertiary/aromatic N) is 2. The van der Waals surface area contributed by atoms with E-state index in [1.54, 1.807) is 37.3 Å². The van der Waals surface area contributed by atoms with E-state index >= 15 is 0 Å². The summed E-state index contributed by atoms with van der Waals surface area (Å²) < 4.78 is 37.9. The lowest BCUT2D eigenvalue weighted by molar-refractivity contribution is -0.141. The molecule has 130 valence electrons. The highest BCUT2D eigenvalue weighted by atomic mass is 19.4. The lowest BCUT2D eigenvalue weighted by Gasteiger charge is -2.25. The Morgan fingerprint density at radius 2 is 1.80 bits per heavy atom. The summed E-state index contributed by atoms with van der Waals surface area (Å²) in [6, 6.07) is 9.81. The molecule has 0 radical (unpaired) electrons. The number of benzene rings is 1. The van der Waals surface area contributed by atoms with E-state index in [9.17, 15) is 22.8 Å². The molecule has 1 N–H and O–H groups in total. The largest absolute Gasteiger partial charge is 0.433 e. The number of hydrogen-bond acceptors (Lipinski definition) is 3. The summed E-state index contributed by atoms with van der Waals surface area (Å²) in [6.07, 6.45) is -3.42. The zero-order valence-electron chi connectivity index (χ0n) is 13.2. The van der Waals surface area contributed by atoms with Gasteiger partial charge >= 0.3 is 12.2 Å². The predicted molar refractivity (Wildman–Crippen MR) is 83.7 cm³/mol. The molecule has 2 aromatic rings. The summed E-state index contributed by atoms with van der Waals surface area (Å²) in [7, 11) is 0. The van der Waals surface area contributed by atoms with E-state index in [1.165, 1.54) is 0 Å². The van der Waals surface area contributed by atoms with Crippen LogP contribution in [0.1, 0.15) is 24.6 Å². The number of nitrogens with one attached hydrogen (secondary N) is 1. The first-order chi connectivity index (χ1) is 11.8. The van der Waals surface area contributed by atoms with Crippen molar-refractivity contribution in [3.63, 3.8) is 0 Å². The van der Waals surface area contributed by atoms with Crippen LogP contribution < -0.4 is 10.2 Å². The smallest absolute Gasteiger partial charge is 0.319 e. The molecule has 1 fully saturated rings. The van der Waals surface area contributed by atoms with Gasteiger partial charge in [0.2, 0.25) is 0 Å². The second-order valence-corrected chi connectivity index (χ2v) is 5.60. The fraction of sp³-hybridized carbons (Fsp3) is 0.235. The third-order valence-corrected chi connectivity index (χ3v) is 4.19. The second-order valence-electron chi connectivity index (χ2n) is 5.60. The Balaban J connectivity index is 1.99. The van der Waals surface area contributed by atoms with Crippen LogP contribution in [0.4, 0.5) is 23.7 Å². The number of hydrogen-bond donors (Lipinski definition) is 1. The Morgan fingerprint density at radius 3 is 2.32 bits per heavy atom. The molecule has 2 heterocycles. The van der Waals surface area contributed by atoms with E-state index in [0.29, 0.717) is 12.0 Å². The molecular weight excluding hydrogens is 335 g/mol. The quantitative estimate of drug-likeness (QED) is 0.863. The number of halogens is 3. The van der Waals surface area contributed by atoms with Crippen LogP contribution in [0.2, 0.25) is 0 Å². The van der Waals surface area contributed by atoms with Crippen molar-refractivity contribution in [3.8, 4) is 0 Å². The molecule has 25 heavy (non-hydrogen) atoms. The van der Waals surface area contributed by atoms with Crippen molar-refractivity contribution in [2.24, 2.45) is 0 Å². The second kappa shape index (κ2) is 5.87. The maximum Gasteiger partial charge on any atom is 0.433 e. The van der Waals surface area contributed by atoms with Crippen LogP contribution in [0.5, 0.6) is 0 Å². The van der Waals surface area contributed by atoms with E-state index in [-0.39, 0.29) is 5.69 Å². The number of carbonyl (C=O) groups is 2. The SMILES string of the molecule is CC[C@@]1(c2ccccc2)NC(=O)N(c2ccc(C(F)(F)F)nc2)C1=O. The number of imide groups is 1. The third-order valence-electron chi connectivity index (χ3n) is 4.19. The highest BCUT2D eigenvalue weighted by molar-refractivity contribution is 6.23. The number of rotatable bonds is 3. The fourth-order valence-electron chi connectivity index (χ4n) is 2.86. The summed E-state index contributed by atoms with van der Waals surface area (Å²) in [5.41, 5.74) is -1.74. The van der Waals surface area contributed by atoms with Gasteiger partial charge in [0.1, 0.15) is 11.2 Å². The number of amides is 3. The Bertz CT molecular complexity index is 806. The summed E-state index contributed by atoms with van der Waals surface area (Å²) >= 11 is 0. The average Bonchev–Trinajstić information content (AvgIpc) is 2.86. The lowest BCUT2D eigenvalue weighted by Crippen LogP contribution is -2.43. The minimum absolute atomic E-state index is 0.0123. The Hall–Kier alpha value is -2.90. The van der Waals surface area contributed by atoms with Crippen molar-refractivity contribution < 1.29 is 22.8 Å². The molecule has 1 saturated heterocycles. The molecule has 5 nitrogen and oxygen atoms in total. The van der Waals surface area contributed by atoms with E-state index < -0.39 is 29.3 Å². The van der Waals surface area contributed by atoms with Gasteiger partial charge in [-0.15, -0.1) is 0 Å². The van der Waals surface area contributed by atoms with Gasteiger partial charge in [-0.3, -0.25) is 4.79 Å². The minimum Gasteiger partial charge on any atom is -0.319 e.